The SMILES string of the molecule is N#CCCn1cc(C=CC(=O)N2CCCC2C(=O)NC2CC2)c2ccccc21. The van der Waals surface area contributed by atoms with E-state index < -0.39 is 0 Å². The number of carbonyl (C=O) groups excluding carboxylic acids is 2. The molecule has 1 unspecified atom stereocenters. The van der Waals surface area contributed by atoms with Gasteiger partial charge >= 0.3 is 0 Å². The number of aryl methyl sites for hydroxylation is 1. The minimum atomic E-state index is -0.352. The fourth-order valence-electron chi connectivity index (χ4n) is 3.85. The van der Waals surface area contributed by atoms with Crippen LogP contribution in [-0.4, -0.2) is 39.9 Å². The Morgan fingerprint density at radius 1 is 1.25 bits per heavy atom. The lowest BCUT2D eigenvalue weighted by Crippen LogP contribution is -2.46. The second-order valence-electron chi connectivity index (χ2n) is 7.51. The Bertz CT molecular complexity index is 965. The number of rotatable bonds is 6. The van der Waals surface area contributed by atoms with Crippen molar-refractivity contribution >= 4 is 28.8 Å². The van der Waals surface area contributed by atoms with Crippen LogP contribution in [0.25, 0.3) is 17.0 Å². The molecule has 6 nitrogen and oxygen atoms in total. The van der Waals surface area contributed by atoms with Crippen LogP contribution < -0.4 is 5.32 Å². The van der Waals surface area contributed by atoms with Gasteiger partial charge in [-0.1, -0.05) is 18.2 Å². The number of hydrogen-bond acceptors (Lipinski definition) is 3. The Morgan fingerprint density at radius 3 is 2.86 bits per heavy atom. The second kappa shape index (κ2) is 7.89. The standard InChI is InChI=1S/C22H24N4O2/c23-12-4-13-25-15-16(18-5-1-2-6-19(18)25)8-11-21(27)26-14-3-7-20(26)22(28)24-17-9-10-17/h1-2,5-6,8,11,15,17,20H,3-4,7,9-10,13-14H2,(H,24,28). The predicted octanol–water partition coefficient (Wildman–Crippen LogP) is 2.84. The Labute approximate surface area is 164 Å². The maximum atomic E-state index is 12.8. The van der Waals surface area contributed by atoms with Crippen LogP contribution in [-0.2, 0) is 16.1 Å². The van der Waals surface area contributed by atoms with Crippen molar-refractivity contribution in [3.05, 3.63) is 42.1 Å². The van der Waals surface area contributed by atoms with Gasteiger partial charge in [-0.2, -0.15) is 5.26 Å². The summed E-state index contributed by atoms with van der Waals surface area (Å²) < 4.78 is 2.05. The predicted molar refractivity (Wildman–Crippen MR) is 107 cm³/mol. The number of amides is 2. The smallest absolute Gasteiger partial charge is 0.247 e. The zero-order chi connectivity index (χ0) is 19.5. The lowest BCUT2D eigenvalue weighted by atomic mass is 10.1. The summed E-state index contributed by atoms with van der Waals surface area (Å²) in [4.78, 5) is 26.8. The molecule has 144 valence electrons. The maximum absolute atomic E-state index is 12.8. The van der Waals surface area contributed by atoms with Crippen LogP contribution >= 0.6 is 0 Å². The second-order valence-corrected chi connectivity index (χ2v) is 7.51. The Morgan fingerprint density at radius 2 is 2.07 bits per heavy atom. The molecule has 2 fully saturated rings. The first kappa shape index (κ1) is 18.3. The number of likely N-dealkylation sites (tertiary alicyclic amines) is 1. The van der Waals surface area contributed by atoms with E-state index in [2.05, 4.69) is 11.4 Å². The summed E-state index contributed by atoms with van der Waals surface area (Å²) in [6, 6.07) is 10.1. The molecule has 1 saturated carbocycles. The molecule has 1 atom stereocenters. The van der Waals surface area contributed by atoms with Gasteiger partial charge in [-0.25, -0.2) is 0 Å². The first-order valence-electron chi connectivity index (χ1n) is 9.91. The molecule has 2 amide bonds. The molecule has 0 spiro atoms. The van der Waals surface area contributed by atoms with E-state index in [9.17, 15) is 9.59 Å². The molecule has 6 heteroatoms. The summed E-state index contributed by atoms with van der Waals surface area (Å²) in [5, 5.41) is 12.9. The normalized spacial score (nSPS) is 19.2. The maximum Gasteiger partial charge on any atom is 0.247 e. The number of para-hydroxylation sites is 1. The van der Waals surface area contributed by atoms with Crippen LogP contribution in [0.4, 0.5) is 0 Å². The molecular weight excluding hydrogens is 352 g/mol. The molecule has 4 rings (SSSR count). The summed E-state index contributed by atoms with van der Waals surface area (Å²) in [6.07, 6.45) is 9.48. The fourth-order valence-corrected chi connectivity index (χ4v) is 3.85. The van der Waals surface area contributed by atoms with E-state index in [4.69, 9.17) is 5.26 Å². The number of nitrogens with one attached hydrogen (secondary N) is 1. The Hall–Kier alpha value is -3.07. The first-order chi connectivity index (χ1) is 13.7. The molecule has 2 aliphatic rings. The van der Waals surface area contributed by atoms with Gasteiger partial charge in [-0.05, 0) is 37.8 Å². The molecule has 1 N–H and O–H groups in total. The van der Waals surface area contributed by atoms with Gasteiger partial charge in [-0.15, -0.1) is 0 Å². The summed E-state index contributed by atoms with van der Waals surface area (Å²) in [6.45, 7) is 1.24. The van der Waals surface area contributed by atoms with Gasteiger partial charge < -0.3 is 14.8 Å². The van der Waals surface area contributed by atoms with E-state index in [-0.39, 0.29) is 17.9 Å². The lowest BCUT2D eigenvalue weighted by Gasteiger charge is -2.22. The molecule has 1 aromatic heterocycles. The summed E-state index contributed by atoms with van der Waals surface area (Å²) >= 11 is 0. The van der Waals surface area contributed by atoms with Crippen molar-refractivity contribution in [2.45, 2.75) is 50.7 Å². The van der Waals surface area contributed by atoms with Crippen molar-refractivity contribution in [1.29, 1.82) is 5.26 Å². The van der Waals surface area contributed by atoms with E-state index in [0.717, 1.165) is 42.1 Å². The molecule has 28 heavy (non-hydrogen) atoms. The van der Waals surface area contributed by atoms with Gasteiger partial charge in [-0.3, -0.25) is 9.59 Å². The van der Waals surface area contributed by atoms with Gasteiger partial charge in [0.05, 0.1) is 12.5 Å². The average molecular weight is 376 g/mol. The highest BCUT2D eigenvalue weighted by atomic mass is 16.2. The number of fused-ring (bicyclic) bond motifs is 1. The molecule has 2 heterocycles. The zero-order valence-electron chi connectivity index (χ0n) is 15.8. The highest BCUT2D eigenvalue weighted by molar-refractivity contribution is 5.98. The Balaban J connectivity index is 1.51. The lowest BCUT2D eigenvalue weighted by molar-refractivity contribution is -0.135. The molecule has 1 aliphatic heterocycles. The largest absolute Gasteiger partial charge is 0.352 e. The third-order valence-corrected chi connectivity index (χ3v) is 5.45. The summed E-state index contributed by atoms with van der Waals surface area (Å²) in [7, 11) is 0. The summed E-state index contributed by atoms with van der Waals surface area (Å²) in [5.41, 5.74) is 1.99. The number of nitriles is 1. The molecule has 2 aromatic rings. The van der Waals surface area contributed by atoms with Crippen molar-refractivity contribution < 1.29 is 9.59 Å². The number of aromatic nitrogens is 1. The van der Waals surface area contributed by atoms with E-state index in [1.165, 1.54) is 0 Å². The number of nitrogens with zero attached hydrogens (tertiary/aromatic N) is 3. The average Bonchev–Trinajstić information content (AvgIpc) is 3.26. The fraction of sp³-hybridized carbons (Fsp3) is 0.409. The van der Waals surface area contributed by atoms with Crippen LogP contribution in [0.3, 0.4) is 0 Å². The molecule has 0 radical (unpaired) electrons. The Kier molecular flexibility index (Phi) is 5.16. The van der Waals surface area contributed by atoms with Crippen LogP contribution in [0.1, 0.15) is 37.7 Å². The number of carbonyl (C=O) groups is 2. The van der Waals surface area contributed by atoms with Crippen LogP contribution in [0.2, 0.25) is 0 Å². The van der Waals surface area contributed by atoms with Crippen molar-refractivity contribution in [3.8, 4) is 6.07 Å². The monoisotopic (exact) mass is 376 g/mol. The summed E-state index contributed by atoms with van der Waals surface area (Å²) in [5.74, 6) is -0.142. The molecule has 0 bridgehead atoms. The molecule has 1 aromatic carbocycles. The van der Waals surface area contributed by atoms with Crippen molar-refractivity contribution in [3.63, 3.8) is 0 Å². The minimum Gasteiger partial charge on any atom is -0.352 e. The zero-order valence-corrected chi connectivity index (χ0v) is 15.8. The van der Waals surface area contributed by atoms with Gasteiger partial charge in [0, 0.05) is 47.9 Å². The van der Waals surface area contributed by atoms with Crippen LogP contribution in [0.5, 0.6) is 0 Å². The minimum absolute atomic E-state index is 0.0187. The van der Waals surface area contributed by atoms with Gasteiger partial charge in [0.25, 0.3) is 0 Å². The first-order valence-corrected chi connectivity index (χ1v) is 9.91. The van der Waals surface area contributed by atoms with E-state index >= 15 is 0 Å². The quantitative estimate of drug-likeness (QED) is 0.788. The number of hydrogen-bond donors (Lipinski definition) is 1. The topological polar surface area (TPSA) is 78.1 Å². The third kappa shape index (κ3) is 3.79. The van der Waals surface area contributed by atoms with Crippen molar-refractivity contribution in [2.24, 2.45) is 0 Å². The van der Waals surface area contributed by atoms with Gasteiger partial charge in [0.15, 0.2) is 0 Å². The van der Waals surface area contributed by atoms with E-state index in [0.29, 0.717) is 25.6 Å². The van der Waals surface area contributed by atoms with Gasteiger partial charge in [0.2, 0.25) is 11.8 Å². The van der Waals surface area contributed by atoms with E-state index in [1.54, 1.807) is 11.0 Å². The van der Waals surface area contributed by atoms with Crippen molar-refractivity contribution in [2.75, 3.05) is 6.54 Å². The van der Waals surface area contributed by atoms with E-state index in [1.807, 2.05) is 41.1 Å². The molecular formula is C22H24N4O2. The highest BCUT2D eigenvalue weighted by Crippen LogP contribution is 2.25. The van der Waals surface area contributed by atoms with Crippen molar-refractivity contribution in [1.82, 2.24) is 14.8 Å². The van der Waals surface area contributed by atoms with Gasteiger partial charge in [0.1, 0.15) is 6.04 Å². The molecule has 1 saturated heterocycles. The number of benzene rings is 1. The van der Waals surface area contributed by atoms with Crippen LogP contribution in [0.15, 0.2) is 36.5 Å². The van der Waals surface area contributed by atoms with Crippen LogP contribution in [0, 0.1) is 11.3 Å². The molecule has 1 aliphatic carbocycles. The highest BCUT2D eigenvalue weighted by Gasteiger charge is 2.35. The third-order valence-electron chi connectivity index (χ3n) is 5.45.